The molecule has 0 aliphatic carbocycles. The number of carbonyl (C=O) groups excluding carboxylic acids is 2. The number of hydrogen-bond donors (Lipinski definition) is 0. The second-order valence-corrected chi connectivity index (χ2v) is 7.35. The largest absolute Gasteiger partial charge is 0.325 e. The molecule has 4 rings (SSSR count). The third kappa shape index (κ3) is 3.90. The zero-order valence-electron chi connectivity index (χ0n) is 17.0. The lowest BCUT2D eigenvalue weighted by Crippen LogP contribution is -2.57. The number of nitrogens with zero attached hydrogens (tertiary/aromatic N) is 3. The van der Waals surface area contributed by atoms with E-state index >= 15 is 0 Å². The first-order valence-electron chi connectivity index (χ1n) is 9.98. The van der Waals surface area contributed by atoms with E-state index in [1.807, 2.05) is 54.6 Å². The summed E-state index contributed by atoms with van der Waals surface area (Å²) >= 11 is 0. The maximum Gasteiger partial charge on any atom is 0.269 e. The SMILES string of the molecule is C[C@@H]1C(=O)N(c2ccccc2-c2ccccc2)CCN1C(=O)c1ccc([N+](=O)[O-])cc1. The van der Waals surface area contributed by atoms with Crippen LogP contribution in [0.5, 0.6) is 0 Å². The van der Waals surface area contributed by atoms with E-state index in [9.17, 15) is 19.7 Å². The Kier molecular flexibility index (Phi) is 5.49. The Bertz CT molecular complexity index is 1130. The molecule has 1 atom stereocenters. The molecule has 1 aliphatic heterocycles. The summed E-state index contributed by atoms with van der Waals surface area (Å²) in [6.45, 7) is 2.44. The first-order valence-corrected chi connectivity index (χ1v) is 9.98. The van der Waals surface area contributed by atoms with Gasteiger partial charge in [0, 0.05) is 36.3 Å². The van der Waals surface area contributed by atoms with Gasteiger partial charge in [0.15, 0.2) is 0 Å². The molecule has 0 bridgehead atoms. The lowest BCUT2D eigenvalue weighted by atomic mass is 10.0. The van der Waals surface area contributed by atoms with Crippen molar-refractivity contribution >= 4 is 23.2 Å². The van der Waals surface area contributed by atoms with E-state index in [4.69, 9.17) is 0 Å². The number of hydrogen-bond acceptors (Lipinski definition) is 4. The third-order valence-corrected chi connectivity index (χ3v) is 5.52. The number of nitro benzene ring substituents is 1. The minimum atomic E-state index is -0.653. The molecule has 3 aromatic carbocycles. The van der Waals surface area contributed by atoms with Gasteiger partial charge in [-0.05, 0) is 30.7 Å². The number of non-ortho nitro benzene ring substituents is 1. The highest BCUT2D eigenvalue weighted by molar-refractivity contribution is 6.05. The van der Waals surface area contributed by atoms with E-state index < -0.39 is 11.0 Å². The predicted octanol–water partition coefficient (Wildman–Crippen LogP) is 4.14. The molecule has 1 fully saturated rings. The third-order valence-electron chi connectivity index (χ3n) is 5.52. The molecule has 1 aliphatic rings. The molecule has 3 aromatic rings. The predicted molar refractivity (Wildman–Crippen MR) is 118 cm³/mol. The van der Waals surface area contributed by atoms with E-state index in [-0.39, 0.29) is 17.5 Å². The van der Waals surface area contributed by atoms with Crippen LogP contribution in [0, 0.1) is 10.1 Å². The fourth-order valence-corrected chi connectivity index (χ4v) is 3.85. The number of rotatable bonds is 4. The van der Waals surface area contributed by atoms with Gasteiger partial charge in [-0.1, -0.05) is 48.5 Å². The summed E-state index contributed by atoms with van der Waals surface area (Å²) < 4.78 is 0. The molecule has 0 N–H and O–H groups in total. The van der Waals surface area contributed by atoms with Crippen LogP contribution in [0.3, 0.4) is 0 Å². The lowest BCUT2D eigenvalue weighted by Gasteiger charge is -2.39. The topological polar surface area (TPSA) is 83.8 Å². The van der Waals surface area contributed by atoms with Crippen molar-refractivity contribution in [2.45, 2.75) is 13.0 Å². The summed E-state index contributed by atoms with van der Waals surface area (Å²) in [6, 6.07) is 22.4. The zero-order valence-corrected chi connectivity index (χ0v) is 17.0. The molecule has 7 nitrogen and oxygen atoms in total. The van der Waals surface area contributed by atoms with Crippen molar-refractivity contribution in [3.05, 3.63) is 94.5 Å². The van der Waals surface area contributed by atoms with E-state index in [2.05, 4.69) is 0 Å². The summed E-state index contributed by atoms with van der Waals surface area (Å²) in [5.41, 5.74) is 3.03. The van der Waals surface area contributed by atoms with Crippen LogP contribution in [0.15, 0.2) is 78.9 Å². The van der Waals surface area contributed by atoms with Gasteiger partial charge in [0.25, 0.3) is 11.6 Å². The first-order chi connectivity index (χ1) is 15.0. The van der Waals surface area contributed by atoms with Gasteiger partial charge in [-0.3, -0.25) is 19.7 Å². The van der Waals surface area contributed by atoms with Crippen molar-refractivity contribution in [3.63, 3.8) is 0 Å². The first kappa shape index (κ1) is 20.3. The summed E-state index contributed by atoms with van der Waals surface area (Å²) in [4.78, 5) is 39.8. The van der Waals surface area contributed by atoms with E-state index in [0.29, 0.717) is 18.7 Å². The normalized spacial score (nSPS) is 16.3. The number of piperazine rings is 1. The van der Waals surface area contributed by atoms with Gasteiger partial charge in [0.1, 0.15) is 6.04 Å². The molecule has 2 amide bonds. The van der Waals surface area contributed by atoms with Crippen LogP contribution in [-0.4, -0.2) is 40.8 Å². The number of anilines is 1. The van der Waals surface area contributed by atoms with Crippen molar-refractivity contribution in [2.75, 3.05) is 18.0 Å². The average Bonchev–Trinajstić information content (AvgIpc) is 2.81. The van der Waals surface area contributed by atoms with Gasteiger partial charge in [-0.15, -0.1) is 0 Å². The van der Waals surface area contributed by atoms with Crippen molar-refractivity contribution in [2.24, 2.45) is 0 Å². The molecular weight excluding hydrogens is 394 g/mol. The smallest absolute Gasteiger partial charge is 0.269 e. The number of amides is 2. The van der Waals surface area contributed by atoms with E-state index in [0.717, 1.165) is 16.8 Å². The summed E-state index contributed by atoms with van der Waals surface area (Å²) in [7, 11) is 0. The van der Waals surface area contributed by atoms with Gasteiger partial charge < -0.3 is 9.80 Å². The van der Waals surface area contributed by atoms with Crippen LogP contribution in [-0.2, 0) is 4.79 Å². The summed E-state index contributed by atoms with van der Waals surface area (Å²) in [5, 5.41) is 10.8. The van der Waals surface area contributed by atoms with Crippen LogP contribution in [0.4, 0.5) is 11.4 Å². The number of carbonyl (C=O) groups is 2. The minimum Gasteiger partial charge on any atom is -0.325 e. The summed E-state index contributed by atoms with van der Waals surface area (Å²) in [5.74, 6) is -0.475. The molecule has 156 valence electrons. The Morgan fingerprint density at radius 2 is 1.58 bits per heavy atom. The van der Waals surface area contributed by atoms with E-state index in [1.54, 1.807) is 11.8 Å². The highest BCUT2D eigenvalue weighted by Crippen LogP contribution is 2.32. The van der Waals surface area contributed by atoms with E-state index in [1.165, 1.54) is 29.2 Å². The van der Waals surface area contributed by atoms with Crippen molar-refractivity contribution in [3.8, 4) is 11.1 Å². The molecule has 0 radical (unpaired) electrons. The van der Waals surface area contributed by atoms with Crippen LogP contribution in [0.2, 0.25) is 0 Å². The molecule has 0 unspecified atom stereocenters. The molecular formula is C24H21N3O4. The molecule has 31 heavy (non-hydrogen) atoms. The summed E-state index contributed by atoms with van der Waals surface area (Å²) in [6.07, 6.45) is 0. The average molecular weight is 415 g/mol. The maximum absolute atomic E-state index is 13.2. The Morgan fingerprint density at radius 3 is 2.26 bits per heavy atom. The molecule has 1 heterocycles. The van der Waals surface area contributed by atoms with Crippen LogP contribution in [0.1, 0.15) is 17.3 Å². The van der Waals surface area contributed by atoms with Crippen molar-refractivity contribution in [1.29, 1.82) is 0 Å². The van der Waals surface area contributed by atoms with Gasteiger partial charge >= 0.3 is 0 Å². The highest BCUT2D eigenvalue weighted by atomic mass is 16.6. The zero-order chi connectivity index (χ0) is 22.0. The second-order valence-electron chi connectivity index (χ2n) is 7.35. The number of benzene rings is 3. The van der Waals surface area contributed by atoms with Crippen molar-refractivity contribution < 1.29 is 14.5 Å². The number of nitro groups is 1. The quantitative estimate of drug-likeness (QED) is 0.474. The molecule has 7 heteroatoms. The molecule has 1 saturated heterocycles. The van der Waals surface area contributed by atoms with Gasteiger partial charge in [0.2, 0.25) is 5.91 Å². The number of para-hydroxylation sites is 1. The highest BCUT2D eigenvalue weighted by Gasteiger charge is 2.36. The Morgan fingerprint density at radius 1 is 0.935 bits per heavy atom. The molecule has 0 aromatic heterocycles. The fraction of sp³-hybridized carbons (Fsp3) is 0.167. The monoisotopic (exact) mass is 415 g/mol. The minimum absolute atomic E-state index is 0.0805. The lowest BCUT2D eigenvalue weighted by molar-refractivity contribution is -0.384. The second kappa shape index (κ2) is 8.39. The molecule has 0 saturated carbocycles. The Balaban J connectivity index is 1.57. The van der Waals surface area contributed by atoms with Gasteiger partial charge in [-0.25, -0.2) is 0 Å². The Hall–Kier alpha value is -4.00. The fourth-order valence-electron chi connectivity index (χ4n) is 3.85. The molecule has 0 spiro atoms. The van der Waals surface area contributed by atoms with Crippen LogP contribution in [0.25, 0.3) is 11.1 Å². The van der Waals surface area contributed by atoms with Gasteiger partial charge in [0.05, 0.1) is 10.6 Å². The van der Waals surface area contributed by atoms with Gasteiger partial charge in [-0.2, -0.15) is 0 Å². The standard InChI is InChI=1S/C24H21N3O4/c1-17-23(28)26(22-10-6-5-9-21(22)18-7-3-2-4-8-18)16-15-25(17)24(29)19-11-13-20(14-12-19)27(30)31/h2-14,17H,15-16H2,1H3/t17-/m1/s1. The van der Waals surface area contributed by atoms with Crippen molar-refractivity contribution in [1.82, 2.24) is 4.90 Å². The van der Waals surface area contributed by atoms with Crippen LogP contribution >= 0.6 is 0 Å². The van der Waals surface area contributed by atoms with Crippen LogP contribution < -0.4 is 4.90 Å². The maximum atomic E-state index is 13.2. The Labute approximate surface area is 179 Å².